The Morgan fingerprint density at radius 1 is 1.55 bits per heavy atom. The molecule has 2 rings (SSSR count). The number of phosphoric acid groups is 1. The highest BCUT2D eigenvalue weighted by Gasteiger charge is 2.49. The molecule has 4 atom stereocenters. The van der Waals surface area contributed by atoms with E-state index in [0.717, 1.165) is 0 Å². The summed E-state index contributed by atoms with van der Waals surface area (Å²) in [4.78, 5) is 21.4. The van der Waals surface area contributed by atoms with E-state index in [2.05, 4.69) is 9.51 Å². The number of hydrogen-bond donors (Lipinski definition) is 5. The Morgan fingerprint density at radius 2 is 2.25 bits per heavy atom. The summed E-state index contributed by atoms with van der Waals surface area (Å²) >= 11 is 0. The second kappa shape index (κ2) is 5.70. The van der Waals surface area contributed by atoms with Crippen LogP contribution in [0.4, 0.5) is 5.82 Å². The molecule has 20 heavy (non-hydrogen) atoms. The zero-order valence-corrected chi connectivity index (χ0v) is 11.1. The molecule has 1 aliphatic heterocycles. The predicted molar refractivity (Wildman–Crippen MR) is 62.8 cm³/mol. The molecule has 10 nitrogen and oxygen atoms in total. The molecule has 0 bridgehead atoms. The van der Waals surface area contributed by atoms with Crippen LogP contribution < -0.4 is 10.3 Å². The van der Waals surface area contributed by atoms with Crippen LogP contribution in [-0.2, 0) is 13.8 Å². The van der Waals surface area contributed by atoms with E-state index in [0.29, 0.717) is 0 Å². The number of ether oxygens (including phenoxy) is 1. The topological polar surface area (TPSA) is 159 Å². The number of nitrogens with two attached hydrogens (primary N) is 1. The van der Waals surface area contributed by atoms with Crippen molar-refractivity contribution in [1.29, 1.82) is 0 Å². The maximum absolute atomic E-state index is 10.9. The molecule has 6 N–H and O–H groups in total. The normalized spacial score (nSPS) is 30.6. The van der Waals surface area contributed by atoms with Crippen molar-refractivity contribution in [3.05, 3.63) is 18.6 Å². The summed E-state index contributed by atoms with van der Waals surface area (Å²) in [5.41, 5.74) is 5.43. The lowest BCUT2D eigenvalue weighted by atomic mass is 10.1. The standard InChI is InChI=1S/C9H14N3O7P/c10-6-1-2-12(4-11-6)9-7(14)8(5(3-13)18-9)19-20(15,16)17/h1-2,4-5,7-10,13-14H,3H2,(H2,15,16,17)/p+1/t5-,7+,8-,9-/m1/s1. The van der Waals surface area contributed by atoms with Crippen LogP contribution in [-0.4, -0.2) is 49.9 Å². The van der Waals surface area contributed by atoms with Crippen molar-refractivity contribution in [3.63, 3.8) is 0 Å². The number of aromatic nitrogens is 2. The minimum absolute atomic E-state index is 0.260. The molecule has 1 aliphatic rings. The smallest absolute Gasteiger partial charge is 0.394 e. The molecule has 0 saturated carbocycles. The third kappa shape index (κ3) is 3.30. The van der Waals surface area contributed by atoms with Gasteiger partial charge in [0.2, 0.25) is 12.0 Å². The highest BCUT2D eigenvalue weighted by Crippen LogP contribution is 2.42. The Hall–Kier alpha value is -1.13. The number of nitrogen functional groups attached to an aromatic ring is 1. The molecule has 1 saturated heterocycles. The van der Waals surface area contributed by atoms with Gasteiger partial charge in [-0.15, -0.1) is 0 Å². The maximum Gasteiger partial charge on any atom is 0.470 e. The van der Waals surface area contributed by atoms with E-state index in [1.807, 2.05) is 0 Å². The first kappa shape index (κ1) is 15.3. The van der Waals surface area contributed by atoms with Gasteiger partial charge in [-0.2, -0.15) is 0 Å². The van der Waals surface area contributed by atoms with E-state index < -0.39 is 39.0 Å². The van der Waals surface area contributed by atoms with Crippen LogP contribution in [0.25, 0.3) is 0 Å². The number of aliphatic hydroxyl groups excluding tert-OH is 2. The Morgan fingerprint density at radius 3 is 2.75 bits per heavy atom. The molecule has 1 aromatic heterocycles. The zero-order valence-electron chi connectivity index (χ0n) is 10.2. The van der Waals surface area contributed by atoms with E-state index in [1.165, 1.54) is 23.2 Å². The first-order valence-corrected chi connectivity index (χ1v) is 7.15. The van der Waals surface area contributed by atoms with Crippen LogP contribution in [0.15, 0.2) is 18.6 Å². The monoisotopic (exact) mass is 308 g/mol. The quantitative estimate of drug-likeness (QED) is 0.304. The van der Waals surface area contributed by atoms with Gasteiger partial charge in [0.1, 0.15) is 18.3 Å². The van der Waals surface area contributed by atoms with Crippen LogP contribution >= 0.6 is 7.82 Å². The van der Waals surface area contributed by atoms with Gasteiger partial charge in [-0.05, 0) is 4.98 Å². The molecule has 1 aromatic rings. The number of nitrogens with zero attached hydrogens (tertiary/aromatic N) is 2. The largest absolute Gasteiger partial charge is 0.470 e. The number of anilines is 1. The van der Waals surface area contributed by atoms with Crippen LogP contribution in [0.2, 0.25) is 0 Å². The third-order valence-electron chi connectivity index (χ3n) is 2.80. The molecular formula is C9H15N3O7P+. The van der Waals surface area contributed by atoms with Crippen LogP contribution in [0, 0.1) is 0 Å². The highest BCUT2D eigenvalue weighted by atomic mass is 31.2. The molecule has 0 unspecified atom stereocenters. The predicted octanol–water partition coefficient (Wildman–Crippen LogP) is -2.32. The highest BCUT2D eigenvalue weighted by molar-refractivity contribution is 7.46. The maximum atomic E-state index is 10.9. The van der Waals surface area contributed by atoms with Crippen molar-refractivity contribution >= 4 is 13.6 Å². The summed E-state index contributed by atoms with van der Waals surface area (Å²) in [5, 5.41) is 19.2. The minimum atomic E-state index is -4.82. The minimum Gasteiger partial charge on any atom is -0.394 e. The molecule has 0 aliphatic carbocycles. The van der Waals surface area contributed by atoms with Gasteiger partial charge in [0.25, 0.3) is 6.33 Å². The number of aliphatic hydroxyl groups is 2. The van der Waals surface area contributed by atoms with E-state index in [1.54, 1.807) is 0 Å². The van der Waals surface area contributed by atoms with Gasteiger partial charge >= 0.3 is 7.82 Å². The molecule has 0 aromatic carbocycles. The van der Waals surface area contributed by atoms with Gasteiger partial charge in [-0.25, -0.2) is 9.13 Å². The van der Waals surface area contributed by atoms with Gasteiger partial charge in [0.15, 0.2) is 0 Å². The van der Waals surface area contributed by atoms with Crippen LogP contribution in [0.1, 0.15) is 6.23 Å². The van der Waals surface area contributed by atoms with Gasteiger partial charge < -0.3 is 30.5 Å². The molecule has 0 amide bonds. The summed E-state index contributed by atoms with van der Waals surface area (Å²) < 4.78 is 22.0. The SMILES string of the molecule is Nc1cc[n+]([C@@H]2O[C@H](CO)[C@@H](OP(=O)(O)O)[C@@H]2O)cn1. The summed E-state index contributed by atoms with van der Waals surface area (Å²) in [6.07, 6.45) is -2.07. The van der Waals surface area contributed by atoms with Gasteiger partial charge in [0.05, 0.1) is 12.8 Å². The summed E-state index contributed by atoms with van der Waals surface area (Å²) in [6, 6.07) is 1.46. The summed E-state index contributed by atoms with van der Waals surface area (Å²) in [6.45, 7) is -0.568. The van der Waals surface area contributed by atoms with E-state index in [4.69, 9.17) is 25.4 Å². The first-order chi connectivity index (χ1) is 9.31. The van der Waals surface area contributed by atoms with Gasteiger partial charge in [0, 0.05) is 6.07 Å². The van der Waals surface area contributed by atoms with Crippen molar-refractivity contribution in [2.45, 2.75) is 24.5 Å². The number of phosphoric ester groups is 1. The van der Waals surface area contributed by atoms with E-state index in [-0.39, 0.29) is 5.82 Å². The lowest BCUT2D eigenvalue weighted by Gasteiger charge is -2.18. The van der Waals surface area contributed by atoms with Gasteiger partial charge in [-0.3, -0.25) is 4.52 Å². The van der Waals surface area contributed by atoms with Crippen molar-refractivity contribution in [3.8, 4) is 0 Å². The summed E-state index contributed by atoms with van der Waals surface area (Å²) in [5.74, 6) is 0.260. The Balaban J connectivity index is 2.21. The first-order valence-electron chi connectivity index (χ1n) is 5.62. The second-order valence-electron chi connectivity index (χ2n) is 4.23. The molecule has 11 heteroatoms. The van der Waals surface area contributed by atoms with Crippen LogP contribution in [0.3, 0.4) is 0 Å². The Labute approximate surface area is 113 Å². The Bertz CT molecular complexity index is 507. The molecule has 2 heterocycles. The zero-order chi connectivity index (χ0) is 14.9. The van der Waals surface area contributed by atoms with Crippen molar-refractivity contribution in [2.75, 3.05) is 12.3 Å². The fourth-order valence-electron chi connectivity index (χ4n) is 1.93. The lowest BCUT2D eigenvalue weighted by Crippen LogP contribution is -2.46. The molecule has 0 radical (unpaired) electrons. The number of hydrogen-bond acceptors (Lipinski definition) is 7. The Kier molecular flexibility index (Phi) is 4.35. The van der Waals surface area contributed by atoms with Gasteiger partial charge in [-0.1, -0.05) is 0 Å². The van der Waals surface area contributed by atoms with Crippen LogP contribution in [0.5, 0.6) is 0 Å². The third-order valence-corrected chi connectivity index (χ3v) is 3.32. The van der Waals surface area contributed by atoms with E-state index >= 15 is 0 Å². The summed E-state index contributed by atoms with van der Waals surface area (Å²) in [7, 11) is -4.82. The lowest BCUT2D eigenvalue weighted by molar-refractivity contribution is -0.768. The fourth-order valence-corrected chi connectivity index (χ4v) is 2.51. The van der Waals surface area contributed by atoms with Crippen molar-refractivity contribution in [1.82, 2.24) is 4.98 Å². The molecule has 112 valence electrons. The number of rotatable bonds is 4. The fraction of sp³-hybridized carbons (Fsp3) is 0.556. The molecule has 1 fully saturated rings. The van der Waals surface area contributed by atoms with E-state index in [9.17, 15) is 9.67 Å². The van der Waals surface area contributed by atoms with Crippen molar-refractivity contribution < 1.29 is 38.4 Å². The second-order valence-corrected chi connectivity index (χ2v) is 5.42. The average molecular weight is 308 g/mol. The molecular weight excluding hydrogens is 293 g/mol. The van der Waals surface area contributed by atoms with Crippen molar-refractivity contribution in [2.24, 2.45) is 0 Å². The average Bonchev–Trinajstić information content (AvgIpc) is 2.66. The molecule has 0 spiro atoms.